The van der Waals surface area contributed by atoms with Gasteiger partial charge in [-0.05, 0) is 67.4 Å². The highest BCUT2D eigenvalue weighted by Gasteiger charge is 2.25. The zero-order valence-corrected chi connectivity index (χ0v) is 16.5. The topological polar surface area (TPSA) is 0 Å². The summed E-state index contributed by atoms with van der Waals surface area (Å²) < 4.78 is 0. The molecule has 1 aliphatic rings. The van der Waals surface area contributed by atoms with Crippen molar-refractivity contribution in [1.29, 1.82) is 0 Å². The molecule has 1 atom stereocenters. The molecule has 0 radical (unpaired) electrons. The van der Waals surface area contributed by atoms with Gasteiger partial charge in [-0.25, -0.2) is 0 Å². The molecule has 0 amide bonds. The first kappa shape index (κ1) is 19.5. The normalized spacial score (nSPS) is 22.5. The Morgan fingerprint density at radius 1 is 0.833 bits per heavy atom. The molecule has 136 valence electrons. The summed E-state index contributed by atoms with van der Waals surface area (Å²) in [5.41, 5.74) is 3.04. The summed E-state index contributed by atoms with van der Waals surface area (Å²) in [6.07, 6.45) is 16.8. The molecule has 0 N–H and O–H groups in total. The van der Waals surface area contributed by atoms with Crippen LogP contribution in [-0.2, 0) is 12.8 Å². The van der Waals surface area contributed by atoms with Crippen LogP contribution in [-0.4, -0.2) is 0 Å². The van der Waals surface area contributed by atoms with E-state index in [-0.39, 0.29) is 0 Å². The van der Waals surface area contributed by atoms with E-state index in [9.17, 15) is 0 Å². The SMILES string of the molecule is CCCc1ccc(CCC[C@H](CC)C2CCC(CCC)CC2)cc1. The number of hydrogen-bond donors (Lipinski definition) is 0. The Morgan fingerprint density at radius 2 is 1.46 bits per heavy atom. The van der Waals surface area contributed by atoms with Crippen LogP contribution in [0.25, 0.3) is 0 Å². The van der Waals surface area contributed by atoms with Crippen molar-refractivity contribution in [2.24, 2.45) is 17.8 Å². The minimum Gasteiger partial charge on any atom is -0.0654 e. The van der Waals surface area contributed by atoms with Gasteiger partial charge in [-0.1, -0.05) is 83.6 Å². The van der Waals surface area contributed by atoms with Crippen molar-refractivity contribution in [3.8, 4) is 0 Å². The quantitative estimate of drug-likeness (QED) is 0.415. The highest BCUT2D eigenvalue weighted by molar-refractivity contribution is 5.22. The van der Waals surface area contributed by atoms with E-state index in [0.29, 0.717) is 0 Å². The first-order valence-corrected chi connectivity index (χ1v) is 10.8. The summed E-state index contributed by atoms with van der Waals surface area (Å²) >= 11 is 0. The van der Waals surface area contributed by atoms with Gasteiger partial charge in [-0.3, -0.25) is 0 Å². The molecule has 0 bridgehead atoms. The van der Waals surface area contributed by atoms with E-state index < -0.39 is 0 Å². The predicted octanol–water partition coefficient (Wildman–Crippen LogP) is 7.59. The van der Waals surface area contributed by atoms with Crippen LogP contribution in [0.15, 0.2) is 24.3 Å². The third-order valence-electron chi connectivity index (χ3n) is 6.38. The van der Waals surface area contributed by atoms with E-state index in [2.05, 4.69) is 45.0 Å². The second kappa shape index (κ2) is 11.0. The Hall–Kier alpha value is -0.780. The van der Waals surface area contributed by atoms with E-state index in [0.717, 1.165) is 17.8 Å². The number of hydrogen-bond acceptors (Lipinski definition) is 0. The summed E-state index contributed by atoms with van der Waals surface area (Å²) in [4.78, 5) is 0. The molecular weight excluding hydrogens is 288 g/mol. The molecule has 1 fully saturated rings. The average Bonchev–Trinajstić information content (AvgIpc) is 2.62. The number of aryl methyl sites for hydroxylation is 2. The van der Waals surface area contributed by atoms with Crippen molar-refractivity contribution >= 4 is 0 Å². The van der Waals surface area contributed by atoms with Crippen LogP contribution in [0.3, 0.4) is 0 Å². The molecular formula is C24H40. The third kappa shape index (κ3) is 6.26. The maximum atomic E-state index is 2.42. The van der Waals surface area contributed by atoms with Gasteiger partial charge in [0.1, 0.15) is 0 Å². The fourth-order valence-electron chi connectivity index (χ4n) is 4.86. The largest absolute Gasteiger partial charge is 0.0654 e. The molecule has 1 aliphatic carbocycles. The van der Waals surface area contributed by atoms with E-state index in [1.807, 2.05) is 0 Å². The fraction of sp³-hybridized carbons (Fsp3) is 0.750. The van der Waals surface area contributed by atoms with E-state index >= 15 is 0 Å². The van der Waals surface area contributed by atoms with E-state index in [4.69, 9.17) is 0 Å². The molecule has 0 heterocycles. The highest BCUT2D eigenvalue weighted by Crippen LogP contribution is 2.38. The molecule has 1 saturated carbocycles. The minimum atomic E-state index is 0.979. The highest BCUT2D eigenvalue weighted by atomic mass is 14.3. The van der Waals surface area contributed by atoms with Gasteiger partial charge in [0.25, 0.3) is 0 Å². The van der Waals surface area contributed by atoms with E-state index in [1.165, 1.54) is 88.2 Å². The molecule has 0 aliphatic heterocycles. The number of benzene rings is 1. The van der Waals surface area contributed by atoms with Gasteiger partial charge in [0.15, 0.2) is 0 Å². The molecule has 1 aromatic rings. The molecule has 0 saturated heterocycles. The monoisotopic (exact) mass is 328 g/mol. The van der Waals surface area contributed by atoms with Crippen molar-refractivity contribution in [3.63, 3.8) is 0 Å². The van der Waals surface area contributed by atoms with Gasteiger partial charge in [-0.15, -0.1) is 0 Å². The average molecular weight is 329 g/mol. The van der Waals surface area contributed by atoms with Gasteiger partial charge >= 0.3 is 0 Å². The van der Waals surface area contributed by atoms with E-state index in [1.54, 1.807) is 0 Å². The molecule has 0 heteroatoms. The predicted molar refractivity (Wildman–Crippen MR) is 108 cm³/mol. The van der Waals surface area contributed by atoms with Crippen LogP contribution in [0.5, 0.6) is 0 Å². The summed E-state index contributed by atoms with van der Waals surface area (Å²) in [6, 6.07) is 9.40. The summed E-state index contributed by atoms with van der Waals surface area (Å²) in [5.74, 6) is 3.05. The zero-order chi connectivity index (χ0) is 17.2. The lowest BCUT2D eigenvalue weighted by Crippen LogP contribution is -2.21. The Balaban J connectivity index is 1.71. The van der Waals surface area contributed by atoms with Crippen molar-refractivity contribution in [3.05, 3.63) is 35.4 Å². The van der Waals surface area contributed by atoms with Gasteiger partial charge < -0.3 is 0 Å². The first-order valence-electron chi connectivity index (χ1n) is 10.8. The Bertz CT molecular complexity index is 422. The second-order valence-corrected chi connectivity index (χ2v) is 8.20. The Labute approximate surface area is 151 Å². The van der Waals surface area contributed by atoms with Crippen LogP contribution in [0.4, 0.5) is 0 Å². The van der Waals surface area contributed by atoms with Crippen molar-refractivity contribution in [1.82, 2.24) is 0 Å². The van der Waals surface area contributed by atoms with Gasteiger partial charge in [-0.2, -0.15) is 0 Å². The molecule has 0 unspecified atom stereocenters. The van der Waals surface area contributed by atoms with Crippen LogP contribution < -0.4 is 0 Å². The van der Waals surface area contributed by atoms with Crippen molar-refractivity contribution in [2.75, 3.05) is 0 Å². The van der Waals surface area contributed by atoms with Crippen LogP contribution >= 0.6 is 0 Å². The lowest BCUT2D eigenvalue weighted by atomic mass is 9.72. The lowest BCUT2D eigenvalue weighted by molar-refractivity contribution is 0.183. The molecule has 1 aromatic carbocycles. The van der Waals surface area contributed by atoms with Crippen molar-refractivity contribution in [2.45, 2.75) is 97.8 Å². The molecule has 24 heavy (non-hydrogen) atoms. The van der Waals surface area contributed by atoms with Gasteiger partial charge in [0, 0.05) is 0 Å². The second-order valence-electron chi connectivity index (χ2n) is 8.20. The maximum Gasteiger partial charge on any atom is -0.0279 e. The summed E-state index contributed by atoms with van der Waals surface area (Å²) in [5, 5.41) is 0. The zero-order valence-electron chi connectivity index (χ0n) is 16.5. The Morgan fingerprint density at radius 3 is 2.00 bits per heavy atom. The third-order valence-corrected chi connectivity index (χ3v) is 6.38. The molecule has 0 spiro atoms. The molecule has 0 aromatic heterocycles. The number of rotatable bonds is 10. The fourth-order valence-corrected chi connectivity index (χ4v) is 4.86. The standard InChI is InChI=1S/C24H40/c1-4-8-20-12-14-22(15-13-20)10-7-11-23(6-3)24-18-16-21(9-5-2)17-19-24/h12-15,21,23-24H,4-11,16-19H2,1-3H3/t21?,23-,24?/m0/s1. The summed E-state index contributed by atoms with van der Waals surface area (Å²) in [6.45, 7) is 7.02. The minimum absolute atomic E-state index is 0.979. The smallest absolute Gasteiger partial charge is 0.0279 e. The Kier molecular flexibility index (Phi) is 8.92. The summed E-state index contributed by atoms with van der Waals surface area (Å²) in [7, 11) is 0. The van der Waals surface area contributed by atoms with Crippen molar-refractivity contribution < 1.29 is 0 Å². The lowest BCUT2D eigenvalue weighted by Gasteiger charge is -2.33. The van der Waals surface area contributed by atoms with Crippen LogP contribution in [0.1, 0.15) is 96.1 Å². The maximum absolute atomic E-state index is 2.42. The van der Waals surface area contributed by atoms with Crippen LogP contribution in [0.2, 0.25) is 0 Å². The molecule has 2 rings (SSSR count). The van der Waals surface area contributed by atoms with Crippen LogP contribution in [0, 0.1) is 17.8 Å². The van der Waals surface area contributed by atoms with Gasteiger partial charge in [0.2, 0.25) is 0 Å². The first-order chi connectivity index (χ1) is 11.8. The van der Waals surface area contributed by atoms with Gasteiger partial charge in [0.05, 0.1) is 0 Å². The molecule has 0 nitrogen and oxygen atoms in total.